The highest BCUT2D eigenvalue weighted by molar-refractivity contribution is 8.12. The van der Waals surface area contributed by atoms with Crippen molar-refractivity contribution in [2.24, 2.45) is 0 Å². The van der Waals surface area contributed by atoms with Gasteiger partial charge in [-0.1, -0.05) is 12.2 Å². The molecular weight excluding hydrogens is 708 g/mol. The van der Waals surface area contributed by atoms with Gasteiger partial charge < -0.3 is 0 Å². The summed E-state index contributed by atoms with van der Waals surface area (Å²) in [7, 11) is -29.3. The summed E-state index contributed by atoms with van der Waals surface area (Å²) in [5.74, 6) is 0. The van der Waals surface area contributed by atoms with Crippen LogP contribution in [0.5, 0.6) is 0 Å². The molecule has 0 saturated heterocycles. The van der Waals surface area contributed by atoms with E-state index < -0.39 is 115 Å². The number of alkyl halides is 12. The van der Waals surface area contributed by atoms with E-state index in [9.17, 15) is 86.4 Å². The molecule has 2 aliphatic rings. The van der Waals surface area contributed by atoms with E-state index in [1.807, 2.05) is 0 Å². The fraction of sp³-hybridized carbons (Fsp3) is 0.500. The monoisotopic (exact) mass is 716 g/mol. The highest BCUT2D eigenvalue weighted by Crippen LogP contribution is 2.61. The van der Waals surface area contributed by atoms with Crippen molar-refractivity contribution in [1.29, 1.82) is 0 Å². The number of rotatable bonds is 6. The second kappa shape index (κ2) is 8.84. The van der Waals surface area contributed by atoms with E-state index in [2.05, 4.69) is 0 Å². The number of sulfone groups is 4. The first kappa shape index (κ1) is 33.6. The second-order valence-electron chi connectivity index (χ2n) is 8.11. The predicted molar refractivity (Wildman–Crippen MR) is 115 cm³/mol. The largest absolute Gasteiger partial charge is 0.499 e. The normalized spacial score (nSPS) is 20.5. The first-order valence-electron chi connectivity index (χ1n) is 9.65. The van der Waals surface area contributed by atoms with Gasteiger partial charge in [-0.2, -0.15) is 52.7 Å². The number of thiophene rings is 1. The Kier molecular flexibility index (Phi) is 7.25. The van der Waals surface area contributed by atoms with Gasteiger partial charge in [0.05, 0.1) is 0 Å². The minimum absolute atomic E-state index is 0.226. The average Bonchev–Trinajstić information content (AvgIpc) is 3.10. The maximum atomic E-state index is 13.3. The van der Waals surface area contributed by atoms with Crippen LogP contribution >= 0.6 is 11.3 Å². The third-order valence-corrected chi connectivity index (χ3v) is 17.3. The Morgan fingerprint density at radius 2 is 0.707 bits per heavy atom. The number of allylic oxidation sites excluding steroid dienone is 2. The lowest BCUT2D eigenvalue weighted by molar-refractivity contribution is -0.0496. The molecule has 0 radical (unpaired) electrons. The van der Waals surface area contributed by atoms with E-state index in [1.54, 1.807) is 0 Å². The van der Waals surface area contributed by atoms with Crippen molar-refractivity contribution in [1.82, 2.24) is 0 Å². The zero-order valence-electron chi connectivity index (χ0n) is 18.6. The highest BCUT2D eigenvalue weighted by Gasteiger charge is 2.78. The van der Waals surface area contributed by atoms with Crippen molar-refractivity contribution in [2.45, 2.75) is 43.0 Å². The topological polar surface area (TPSA) is 137 Å². The third kappa shape index (κ3) is 4.03. The quantitative estimate of drug-likeness (QED) is 0.394. The fourth-order valence-electron chi connectivity index (χ4n) is 4.00. The average molecular weight is 717 g/mol. The molecule has 25 heteroatoms. The standard InChI is InChI=1S/C16H8F12O8S5/c17-13(18,19)38(29,30)11(39(31,32)14(20,21)22)5-3-7(11)9-1-2-10(37-9)8-4-6-12(8,40(33,34)15(23,24)25)41(35,36)16(26,27)28/h1-4H,5-6H2. The van der Waals surface area contributed by atoms with Crippen molar-refractivity contribution in [2.75, 3.05) is 0 Å². The van der Waals surface area contributed by atoms with Crippen LogP contribution in [0.4, 0.5) is 52.7 Å². The summed E-state index contributed by atoms with van der Waals surface area (Å²) >= 11 is -0.451. The Morgan fingerprint density at radius 3 is 0.854 bits per heavy atom. The zero-order valence-corrected chi connectivity index (χ0v) is 22.6. The Morgan fingerprint density at radius 1 is 0.488 bits per heavy atom. The predicted octanol–water partition coefficient (Wildman–Crippen LogP) is 4.45. The van der Waals surface area contributed by atoms with Crippen LogP contribution in [0.15, 0.2) is 24.3 Å². The lowest BCUT2D eigenvalue weighted by Gasteiger charge is -2.41. The minimum Gasteiger partial charge on any atom is -0.217 e. The molecule has 0 unspecified atom stereocenters. The highest BCUT2D eigenvalue weighted by atomic mass is 32.3. The molecule has 0 fully saturated rings. The molecule has 3 rings (SSSR count). The lowest BCUT2D eigenvalue weighted by atomic mass is 9.94. The number of hydrogen-bond acceptors (Lipinski definition) is 9. The van der Waals surface area contributed by atoms with Gasteiger partial charge in [-0.25, -0.2) is 33.7 Å². The molecule has 0 N–H and O–H groups in total. The van der Waals surface area contributed by atoms with Crippen LogP contribution in [0, 0.1) is 0 Å². The van der Waals surface area contributed by atoms with Gasteiger partial charge in [0.15, 0.2) is 0 Å². The Bertz CT molecular complexity index is 1570. The van der Waals surface area contributed by atoms with Gasteiger partial charge in [-0.15, -0.1) is 11.3 Å². The Labute approximate surface area is 225 Å². The van der Waals surface area contributed by atoms with Gasteiger partial charge in [0.1, 0.15) is 0 Å². The molecule has 1 aromatic rings. The van der Waals surface area contributed by atoms with Gasteiger partial charge >= 0.3 is 22.0 Å². The van der Waals surface area contributed by atoms with E-state index in [4.69, 9.17) is 0 Å². The molecular formula is C16H8F12O8S5. The van der Waals surface area contributed by atoms with E-state index in [0.29, 0.717) is 0 Å². The first-order valence-corrected chi connectivity index (χ1v) is 16.4. The van der Waals surface area contributed by atoms with Crippen LogP contribution in [0.1, 0.15) is 22.6 Å². The van der Waals surface area contributed by atoms with Gasteiger partial charge in [0, 0.05) is 33.7 Å². The Balaban J connectivity index is 2.30. The van der Waals surface area contributed by atoms with Crippen molar-refractivity contribution in [3.63, 3.8) is 0 Å². The lowest BCUT2D eigenvalue weighted by Crippen LogP contribution is -2.59. The molecule has 0 aliphatic heterocycles. The van der Waals surface area contributed by atoms with E-state index >= 15 is 0 Å². The molecule has 0 atom stereocenters. The third-order valence-electron chi connectivity index (χ3n) is 6.06. The fourth-order valence-corrected chi connectivity index (χ4v) is 13.6. The molecule has 0 bridgehead atoms. The Hall–Kier alpha value is -1.86. The maximum absolute atomic E-state index is 13.3. The van der Waals surface area contributed by atoms with Gasteiger partial charge in [-0.05, 0) is 12.1 Å². The van der Waals surface area contributed by atoms with E-state index in [0.717, 1.165) is 0 Å². The summed E-state index contributed by atoms with van der Waals surface area (Å²) in [6.45, 7) is 0. The van der Waals surface area contributed by atoms with E-state index in [-0.39, 0.29) is 24.3 Å². The zero-order chi connectivity index (χ0) is 32.3. The molecule has 1 aromatic heterocycles. The molecule has 41 heavy (non-hydrogen) atoms. The molecule has 0 spiro atoms. The summed E-state index contributed by atoms with van der Waals surface area (Å²) < 4.78 is 248. The summed E-state index contributed by atoms with van der Waals surface area (Å²) in [4.78, 5) is -2.44. The molecule has 2 aliphatic carbocycles. The smallest absolute Gasteiger partial charge is 0.217 e. The van der Waals surface area contributed by atoms with Crippen LogP contribution in [0.3, 0.4) is 0 Å². The van der Waals surface area contributed by atoms with Gasteiger partial charge in [-0.3, -0.25) is 0 Å². The summed E-state index contributed by atoms with van der Waals surface area (Å²) in [6.07, 6.45) is -3.44. The maximum Gasteiger partial charge on any atom is 0.499 e. The molecule has 0 amide bonds. The molecule has 234 valence electrons. The minimum atomic E-state index is -7.32. The molecule has 0 saturated carbocycles. The van der Waals surface area contributed by atoms with Crippen LogP contribution in [-0.2, 0) is 39.3 Å². The van der Waals surface area contributed by atoms with Gasteiger partial charge in [0.25, 0.3) is 39.3 Å². The van der Waals surface area contributed by atoms with Crippen molar-refractivity contribution >= 4 is 61.8 Å². The summed E-state index contributed by atoms with van der Waals surface area (Å²) in [5, 5.41) is 0. The summed E-state index contributed by atoms with van der Waals surface area (Å²) in [5.41, 5.74) is -30.1. The second-order valence-corrected chi connectivity index (χ2v) is 18.4. The SMILES string of the molecule is O=S(=O)(C(F)(F)F)C1(S(=O)(=O)C(F)(F)F)CC=C1c1ccc(C2=CCC2(S(=O)(=O)C(F)(F)F)S(=O)(=O)C(F)(F)F)s1. The van der Waals surface area contributed by atoms with Crippen molar-refractivity contribution in [3.05, 3.63) is 34.0 Å². The van der Waals surface area contributed by atoms with Gasteiger partial charge in [0.2, 0.25) is 8.16 Å². The molecule has 0 aromatic carbocycles. The van der Waals surface area contributed by atoms with Crippen LogP contribution < -0.4 is 0 Å². The molecule has 1 heterocycles. The van der Waals surface area contributed by atoms with Crippen LogP contribution in [0.2, 0.25) is 0 Å². The molecule has 8 nitrogen and oxygen atoms in total. The van der Waals surface area contributed by atoms with Crippen LogP contribution in [-0.4, -0.2) is 63.9 Å². The number of hydrogen-bond donors (Lipinski definition) is 0. The number of halogens is 12. The van der Waals surface area contributed by atoms with Crippen molar-refractivity contribution in [3.8, 4) is 0 Å². The van der Waals surface area contributed by atoms with Crippen LogP contribution in [0.25, 0.3) is 11.1 Å². The summed E-state index contributed by atoms with van der Waals surface area (Å²) in [6, 6.07) is 0.531. The first-order chi connectivity index (χ1) is 17.9. The van der Waals surface area contributed by atoms with E-state index in [1.165, 1.54) is 0 Å². The van der Waals surface area contributed by atoms with Crippen molar-refractivity contribution < 1.29 is 86.4 Å².